The summed E-state index contributed by atoms with van der Waals surface area (Å²) in [7, 11) is 2.16. The molecule has 0 atom stereocenters. The molecule has 1 N–H and O–H groups in total. The van der Waals surface area contributed by atoms with Crippen LogP contribution in [0.4, 0.5) is 0 Å². The Morgan fingerprint density at radius 2 is 1.73 bits per heavy atom. The van der Waals surface area contributed by atoms with E-state index < -0.39 is 0 Å². The Labute approximate surface area is 152 Å². The van der Waals surface area contributed by atoms with Crippen molar-refractivity contribution in [3.8, 4) is 17.0 Å². The van der Waals surface area contributed by atoms with Crippen molar-refractivity contribution in [2.24, 2.45) is 0 Å². The van der Waals surface area contributed by atoms with E-state index in [2.05, 4.69) is 48.3 Å². The first-order valence-electron chi connectivity index (χ1n) is 9.02. The molecule has 0 saturated carbocycles. The lowest BCUT2D eigenvalue weighted by Crippen LogP contribution is -2.27. The van der Waals surface area contributed by atoms with Crippen molar-refractivity contribution < 1.29 is 5.11 Å². The van der Waals surface area contributed by atoms with Crippen LogP contribution in [0.1, 0.15) is 11.1 Å². The van der Waals surface area contributed by atoms with Crippen LogP contribution in [0.15, 0.2) is 60.7 Å². The van der Waals surface area contributed by atoms with Crippen LogP contribution >= 0.6 is 0 Å². The van der Waals surface area contributed by atoms with Gasteiger partial charge in [0.05, 0.1) is 11.2 Å². The average Bonchev–Trinajstić information content (AvgIpc) is 2.67. The Hall–Kier alpha value is -2.91. The van der Waals surface area contributed by atoms with Crippen molar-refractivity contribution in [1.82, 2.24) is 9.88 Å². The normalized spacial score (nSPS) is 14.7. The quantitative estimate of drug-likeness (QED) is 0.508. The van der Waals surface area contributed by atoms with Gasteiger partial charge < -0.3 is 10.0 Å². The molecule has 0 amide bonds. The van der Waals surface area contributed by atoms with E-state index in [4.69, 9.17) is 4.98 Å². The Balaban J connectivity index is 1.88. The largest absolute Gasteiger partial charge is 0.508 e. The molecule has 3 nitrogen and oxygen atoms in total. The third kappa shape index (κ3) is 2.36. The molecule has 0 aliphatic carbocycles. The second-order valence-corrected chi connectivity index (χ2v) is 7.13. The van der Waals surface area contributed by atoms with Gasteiger partial charge in [-0.3, -0.25) is 0 Å². The van der Waals surface area contributed by atoms with Gasteiger partial charge >= 0.3 is 0 Å². The van der Waals surface area contributed by atoms with Crippen molar-refractivity contribution in [3.63, 3.8) is 0 Å². The predicted octanol–water partition coefficient (Wildman–Crippen LogP) is 4.75. The van der Waals surface area contributed by atoms with Crippen molar-refractivity contribution in [3.05, 3.63) is 71.8 Å². The molecule has 4 aromatic rings. The van der Waals surface area contributed by atoms with E-state index in [0.717, 1.165) is 36.3 Å². The van der Waals surface area contributed by atoms with E-state index in [-0.39, 0.29) is 5.75 Å². The minimum atomic E-state index is 0.284. The minimum absolute atomic E-state index is 0.284. The number of phenolic OH excluding ortho intramolecular Hbond substituents is 1. The number of aromatic nitrogens is 1. The number of hydrogen-bond donors (Lipinski definition) is 1. The van der Waals surface area contributed by atoms with Gasteiger partial charge in [0.25, 0.3) is 0 Å². The monoisotopic (exact) mass is 340 g/mol. The number of benzene rings is 3. The summed E-state index contributed by atoms with van der Waals surface area (Å²) in [5.74, 6) is 0.284. The molecular weight excluding hydrogens is 320 g/mol. The molecule has 0 radical (unpaired) electrons. The molecule has 1 aliphatic heterocycles. The van der Waals surface area contributed by atoms with E-state index in [1.54, 1.807) is 12.1 Å². The van der Waals surface area contributed by atoms with Crippen molar-refractivity contribution in [2.45, 2.75) is 13.0 Å². The summed E-state index contributed by atoms with van der Waals surface area (Å²) in [6.07, 6.45) is 1.03. The third-order valence-corrected chi connectivity index (χ3v) is 5.40. The van der Waals surface area contributed by atoms with Gasteiger partial charge in [-0.25, -0.2) is 4.98 Å². The van der Waals surface area contributed by atoms with Crippen LogP contribution < -0.4 is 0 Å². The number of aromatic hydroxyl groups is 1. The zero-order valence-electron chi connectivity index (χ0n) is 14.7. The summed E-state index contributed by atoms with van der Waals surface area (Å²) in [4.78, 5) is 7.42. The molecule has 0 saturated heterocycles. The van der Waals surface area contributed by atoms with Crippen LogP contribution in [0.25, 0.3) is 32.9 Å². The highest BCUT2D eigenvalue weighted by atomic mass is 16.3. The summed E-state index contributed by atoms with van der Waals surface area (Å²) < 4.78 is 0. The second kappa shape index (κ2) is 5.82. The number of fused-ring (bicyclic) bond motifs is 5. The van der Waals surface area contributed by atoms with Crippen molar-refractivity contribution in [1.29, 1.82) is 0 Å². The fourth-order valence-electron chi connectivity index (χ4n) is 4.11. The van der Waals surface area contributed by atoms with Crippen LogP contribution in [-0.4, -0.2) is 28.6 Å². The minimum Gasteiger partial charge on any atom is -0.508 e. The first-order chi connectivity index (χ1) is 12.7. The molecule has 1 aliphatic rings. The molecule has 3 aromatic carbocycles. The van der Waals surface area contributed by atoms with Gasteiger partial charge in [0.2, 0.25) is 0 Å². The number of hydrogen-bond acceptors (Lipinski definition) is 3. The number of phenols is 1. The van der Waals surface area contributed by atoms with Gasteiger partial charge in [-0.2, -0.15) is 0 Å². The maximum atomic E-state index is 9.65. The van der Waals surface area contributed by atoms with Crippen LogP contribution in [0.5, 0.6) is 5.75 Å². The number of rotatable bonds is 1. The number of pyridine rings is 1. The van der Waals surface area contributed by atoms with E-state index >= 15 is 0 Å². The number of likely N-dealkylation sites (N-methyl/N-ethyl adjacent to an activating group) is 1. The predicted molar refractivity (Wildman–Crippen MR) is 106 cm³/mol. The Morgan fingerprint density at radius 3 is 2.58 bits per heavy atom. The first-order valence-corrected chi connectivity index (χ1v) is 9.02. The molecule has 0 fully saturated rings. The van der Waals surface area contributed by atoms with Crippen LogP contribution in [0, 0.1) is 0 Å². The zero-order chi connectivity index (χ0) is 17.7. The maximum absolute atomic E-state index is 9.65. The van der Waals surface area contributed by atoms with Crippen LogP contribution in [0.2, 0.25) is 0 Å². The molecule has 5 rings (SSSR count). The third-order valence-electron chi connectivity index (χ3n) is 5.40. The van der Waals surface area contributed by atoms with E-state index in [0.29, 0.717) is 0 Å². The van der Waals surface area contributed by atoms with E-state index in [9.17, 15) is 5.11 Å². The van der Waals surface area contributed by atoms with Gasteiger partial charge in [0, 0.05) is 24.0 Å². The van der Waals surface area contributed by atoms with Gasteiger partial charge in [0.1, 0.15) is 5.75 Å². The van der Waals surface area contributed by atoms with Crippen molar-refractivity contribution >= 4 is 21.7 Å². The summed E-state index contributed by atoms with van der Waals surface area (Å²) in [5, 5.41) is 13.5. The average molecular weight is 340 g/mol. The topological polar surface area (TPSA) is 36.4 Å². The molecule has 0 unspecified atom stereocenters. The SMILES string of the molecule is CN1CCc2c(c(-c3ccc(O)cc3)nc3ccc4ccccc4c23)C1. The lowest BCUT2D eigenvalue weighted by atomic mass is 9.89. The maximum Gasteiger partial charge on any atom is 0.115 e. The number of nitrogens with zero attached hydrogens (tertiary/aromatic N) is 2. The fraction of sp³-hybridized carbons (Fsp3) is 0.174. The zero-order valence-corrected chi connectivity index (χ0v) is 14.7. The Morgan fingerprint density at radius 1 is 0.923 bits per heavy atom. The fourth-order valence-corrected chi connectivity index (χ4v) is 4.11. The van der Waals surface area contributed by atoms with Gasteiger partial charge in [0.15, 0.2) is 0 Å². The Kier molecular flexibility index (Phi) is 3.44. The summed E-state index contributed by atoms with van der Waals surface area (Å²) in [6.45, 7) is 1.96. The second-order valence-electron chi connectivity index (χ2n) is 7.13. The molecule has 0 spiro atoms. The molecular formula is C23H20N2O. The summed E-state index contributed by atoms with van der Waals surface area (Å²) in [6, 6.07) is 20.3. The molecule has 2 heterocycles. The molecule has 26 heavy (non-hydrogen) atoms. The summed E-state index contributed by atoms with van der Waals surface area (Å²) >= 11 is 0. The lowest BCUT2D eigenvalue weighted by molar-refractivity contribution is 0.314. The highest BCUT2D eigenvalue weighted by Gasteiger charge is 2.22. The lowest BCUT2D eigenvalue weighted by Gasteiger charge is -2.28. The Bertz CT molecular complexity index is 1130. The molecule has 3 heteroatoms. The highest BCUT2D eigenvalue weighted by Crippen LogP contribution is 2.37. The molecule has 1 aromatic heterocycles. The standard InChI is InChI=1S/C23H20N2O/c1-25-13-12-19-20(14-25)23(16-6-9-17(26)10-7-16)24-21-11-8-15-4-2-3-5-18(15)22(19)21/h2-11,26H,12-14H2,1H3. The van der Waals surface area contributed by atoms with E-state index in [1.807, 2.05) is 12.1 Å². The van der Waals surface area contributed by atoms with Gasteiger partial charge in [-0.1, -0.05) is 30.3 Å². The van der Waals surface area contributed by atoms with Crippen molar-refractivity contribution in [2.75, 3.05) is 13.6 Å². The van der Waals surface area contributed by atoms with Crippen LogP contribution in [0.3, 0.4) is 0 Å². The molecule has 128 valence electrons. The first kappa shape index (κ1) is 15.4. The highest BCUT2D eigenvalue weighted by molar-refractivity contribution is 6.09. The molecule has 0 bridgehead atoms. The van der Waals surface area contributed by atoms with Gasteiger partial charge in [-0.15, -0.1) is 0 Å². The smallest absolute Gasteiger partial charge is 0.115 e. The van der Waals surface area contributed by atoms with E-state index in [1.165, 1.54) is 27.3 Å². The van der Waals surface area contributed by atoms with Crippen LogP contribution in [-0.2, 0) is 13.0 Å². The summed E-state index contributed by atoms with van der Waals surface area (Å²) in [5.41, 5.74) is 5.88. The van der Waals surface area contributed by atoms with Gasteiger partial charge in [-0.05, 0) is 65.7 Å².